The lowest BCUT2D eigenvalue weighted by Crippen LogP contribution is -2.42. The van der Waals surface area contributed by atoms with E-state index in [0.717, 1.165) is 37.5 Å². The number of hydrogen-bond donors (Lipinski definition) is 1. The molecule has 0 bridgehead atoms. The molecule has 0 spiro atoms. The van der Waals surface area contributed by atoms with Crippen molar-refractivity contribution < 1.29 is 5.11 Å². The van der Waals surface area contributed by atoms with E-state index < -0.39 is 5.60 Å². The van der Waals surface area contributed by atoms with E-state index in [1.54, 1.807) is 11.3 Å². The van der Waals surface area contributed by atoms with Gasteiger partial charge in [-0.25, -0.2) is 4.98 Å². The number of piperidine rings is 1. The fourth-order valence-corrected chi connectivity index (χ4v) is 2.75. The van der Waals surface area contributed by atoms with E-state index in [9.17, 15) is 5.11 Å². The summed E-state index contributed by atoms with van der Waals surface area (Å²) in [5.41, 5.74) is 0.703. The van der Waals surface area contributed by atoms with Gasteiger partial charge in [0.1, 0.15) is 0 Å². The zero-order valence-corrected chi connectivity index (χ0v) is 10.2. The largest absolute Gasteiger partial charge is 0.390 e. The number of nitrogens with zero attached hydrogens (tertiary/aromatic N) is 2. The first-order valence-electron chi connectivity index (χ1n) is 5.52. The lowest BCUT2D eigenvalue weighted by atomic mass is 9.94. The van der Waals surface area contributed by atoms with Crippen molar-refractivity contribution >= 4 is 16.5 Å². The summed E-state index contributed by atoms with van der Waals surface area (Å²) < 4.78 is 0. The van der Waals surface area contributed by atoms with Crippen molar-refractivity contribution in [1.29, 1.82) is 0 Å². The van der Waals surface area contributed by atoms with Crippen molar-refractivity contribution in [3.63, 3.8) is 0 Å². The van der Waals surface area contributed by atoms with Crippen LogP contribution in [-0.2, 0) is 6.42 Å². The van der Waals surface area contributed by atoms with Crippen LogP contribution in [0.4, 0.5) is 5.13 Å². The molecule has 0 amide bonds. The van der Waals surface area contributed by atoms with Crippen LogP contribution in [0.25, 0.3) is 0 Å². The molecule has 0 aliphatic carbocycles. The number of rotatable bonds is 2. The van der Waals surface area contributed by atoms with Crippen LogP contribution in [0.15, 0.2) is 5.38 Å². The van der Waals surface area contributed by atoms with E-state index in [4.69, 9.17) is 0 Å². The summed E-state index contributed by atoms with van der Waals surface area (Å²) in [7, 11) is 0. The Morgan fingerprint density at radius 2 is 2.20 bits per heavy atom. The molecule has 0 radical (unpaired) electrons. The molecular formula is C11H18N2OS. The van der Waals surface area contributed by atoms with E-state index >= 15 is 0 Å². The number of aliphatic hydroxyl groups is 1. The van der Waals surface area contributed by atoms with Gasteiger partial charge in [0.05, 0.1) is 11.3 Å². The maximum Gasteiger partial charge on any atom is 0.185 e. The molecule has 0 aromatic carbocycles. The number of thiazole rings is 1. The molecule has 1 aromatic rings. The van der Waals surface area contributed by atoms with Crippen LogP contribution in [-0.4, -0.2) is 28.8 Å². The Kier molecular flexibility index (Phi) is 2.98. The molecule has 3 nitrogen and oxygen atoms in total. The molecule has 1 saturated heterocycles. The smallest absolute Gasteiger partial charge is 0.185 e. The molecule has 1 aliphatic rings. The highest BCUT2D eigenvalue weighted by molar-refractivity contribution is 7.13. The molecule has 84 valence electrons. The van der Waals surface area contributed by atoms with Gasteiger partial charge in [-0.05, 0) is 26.2 Å². The van der Waals surface area contributed by atoms with Gasteiger partial charge in [-0.15, -0.1) is 11.3 Å². The van der Waals surface area contributed by atoms with Crippen LogP contribution in [0.5, 0.6) is 0 Å². The van der Waals surface area contributed by atoms with E-state index in [2.05, 4.69) is 22.2 Å². The molecular weight excluding hydrogens is 208 g/mol. The first-order valence-corrected chi connectivity index (χ1v) is 6.40. The van der Waals surface area contributed by atoms with Crippen LogP contribution < -0.4 is 4.90 Å². The molecule has 4 heteroatoms. The maximum atomic E-state index is 9.85. The lowest BCUT2D eigenvalue weighted by molar-refractivity contribution is 0.0351. The molecule has 1 aromatic heterocycles. The molecule has 0 atom stereocenters. The summed E-state index contributed by atoms with van der Waals surface area (Å²) in [6.45, 7) is 5.89. The minimum Gasteiger partial charge on any atom is -0.390 e. The highest BCUT2D eigenvalue weighted by atomic mass is 32.1. The SMILES string of the molecule is CCc1csc(N2CCC(C)(O)CC2)n1. The first kappa shape index (κ1) is 10.9. The third-order valence-corrected chi connectivity index (χ3v) is 3.96. The Bertz CT molecular complexity index is 325. The van der Waals surface area contributed by atoms with E-state index in [0.29, 0.717) is 0 Å². The number of anilines is 1. The van der Waals surface area contributed by atoms with Crippen LogP contribution >= 0.6 is 11.3 Å². The average molecular weight is 226 g/mol. The van der Waals surface area contributed by atoms with Gasteiger partial charge in [-0.2, -0.15) is 0 Å². The zero-order chi connectivity index (χ0) is 10.9. The Balaban J connectivity index is 2.01. The van der Waals surface area contributed by atoms with Gasteiger partial charge < -0.3 is 10.0 Å². The van der Waals surface area contributed by atoms with Crippen LogP contribution in [0.3, 0.4) is 0 Å². The molecule has 15 heavy (non-hydrogen) atoms. The molecule has 0 saturated carbocycles. The second kappa shape index (κ2) is 4.10. The third kappa shape index (κ3) is 2.49. The van der Waals surface area contributed by atoms with Crippen molar-refractivity contribution in [3.8, 4) is 0 Å². The predicted octanol–water partition coefficient (Wildman–Crippen LogP) is 2.06. The van der Waals surface area contributed by atoms with Gasteiger partial charge in [0.2, 0.25) is 0 Å². The number of hydrogen-bond acceptors (Lipinski definition) is 4. The van der Waals surface area contributed by atoms with Crippen LogP contribution in [0, 0.1) is 0 Å². The summed E-state index contributed by atoms with van der Waals surface area (Å²) in [5.74, 6) is 0. The van der Waals surface area contributed by atoms with Gasteiger partial charge >= 0.3 is 0 Å². The minimum absolute atomic E-state index is 0.471. The fourth-order valence-electron chi connectivity index (χ4n) is 1.78. The van der Waals surface area contributed by atoms with E-state index in [1.165, 1.54) is 5.69 Å². The Morgan fingerprint density at radius 1 is 1.53 bits per heavy atom. The topological polar surface area (TPSA) is 36.4 Å². The Morgan fingerprint density at radius 3 is 2.73 bits per heavy atom. The van der Waals surface area contributed by atoms with Crippen molar-refractivity contribution in [2.75, 3.05) is 18.0 Å². The predicted molar refractivity (Wildman–Crippen MR) is 63.6 cm³/mol. The van der Waals surface area contributed by atoms with Gasteiger partial charge in [0, 0.05) is 18.5 Å². The molecule has 0 unspecified atom stereocenters. The van der Waals surface area contributed by atoms with Gasteiger partial charge in [0.15, 0.2) is 5.13 Å². The average Bonchev–Trinajstić information content (AvgIpc) is 2.66. The van der Waals surface area contributed by atoms with E-state index in [1.807, 2.05) is 6.92 Å². The molecule has 1 N–H and O–H groups in total. The highest BCUT2D eigenvalue weighted by Crippen LogP contribution is 2.28. The Hall–Kier alpha value is -0.610. The van der Waals surface area contributed by atoms with Crippen molar-refractivity contribution in [2.45, 2.75) is 38.7 Å². The van der Waals surface area contributed by atoms with Gasteiger partial charge in [-0.1, -0.05) is 6.92 Å². The third-order valence-electron chi connectivity index (χ3n) is 3.01. The summed E-state index contributed by atoms with van der Waals surface area (Å²) in [4.78, 5) is 6.84. The monoisotopic (exact) mass is 226 g/mol. The van der Waals surface area contributed by atoms with E-state index in [-0.39, 0.29) is 0 Å². The van der Waals surface area contributed by atoms with Crippen molar-refractivity contribution in [2.24, 2.45) is 0 Å². The standard InChI is InChI=1S/C11H18N2OS/c1-3-9-8-15-10(12-9)13-6-4-11(2,14)5-7-13/h8,14H,3-7H2,1-2H3. The second-order valence-electron chi connectivity index (χ2n) is 4.46. The number of aromatic nitrogens is 1. The fraction of sp³-hybridized carbons (Fsp3) is 0.727. The van der Waals surface area contributed by atoms with Gasteiger partial charge in [0.25, 0.3) is 0 Å². The highest BCUT2D eigenvalue weighted by Gasteiger charge is 2.28. The summed E-state index contributed by atoms with van der Waals surface area (Å²) >= 11 is 1.71. The minimum atomic E-state index is -0.471. The Labute approximate surface area is 94.8 Å². The number of aryl methyl sites for hydroxylation is 1. The molecule has 2 heterocycles. The van der Waals surface area contributed by atoms with Crippen LogP contribution in [0.1, 0.15) is 32.4 Å². The molecule has 2 rings (SSSR count). The van der Waals surface area contributed by atoms with Gasteiger partial charge in [-0.3, -0.25) is 0 Å². The zero-order valence-electron chi connectivity index (χ0n) is 9.36. The lowest BCUT2D eigenvalue weighted by Gasteiger charge is -2.35. The van der Waals surface area contributed by atoms with Crippen molar-refractivity contribution in [1.82, 2.24) is 4.98 Å². The summed E-state index contributed by atoms with van der Waals surface area (Å²) in [5, 5.41) is 13.1. The summed E-state index contributed by atoms with van der Waals surface area (Å²) in [6.07, 6.45) is 2.68. The molecule has 1 fully saturated rings. The second-order valence-corrected chi connectivity index (χ2v) is 5.30. The quantitative estimate of drug-likeness (QED) is 0.838. The van der Waals surface area contributed by atoms with Crippen molar-refractivity contribution in [3.05, 3.63) is 11.1 Å². The first-order chi connectivity index (χ1) is 7.11. The maximum absolute atomic E-state index is 9.85. The summed E-state index contributed by atoms with van der Waals surface area (Å²) in [6, 6.07) is 0. The molecule has 1 aliphatic heterocycles. The normalized spacial score (nSPS) is 20.6. The van der Waals surface area contributed by atoms with Crippen LogP contribution in [0.2, 0.25) is 0 Å².